The molecular formula is C16H21NO. The van der Waals surface area contributed by atoms with Crippen molar-refractivity contribution in [3.8, 4) is 0 Å². The van der Waals surface area contributed by atoms with Crippen LogP contribution in [0.5, 0.6) is 0 Å². The lowest BCUT2D eigenvalue weighted by atomic mass is 9.86. The van der Waals surface area contributed by atoms with Gasteiger partial charge in [0, 0.05) is 23.5 Å². The molecule has 1 N–H and O–H groups in total. The molecule has 2 nitrogen and oxygen atoms in total. The molecular weight excluding hydrogens is 222 g/mol. The van der Waals surface area contributed by atoms with Gasteiger partial charge >= 0.3 is 0 Å². The molecule has 0 aliphatic heterocycles. The summed E-state index contributed by atoms with van der Waals surface area (Å²) in [6, 6.07) is 7.28. The molecule has 2 aromatic rings. The average Bonchev–Trinajstić information content (AvgIpc) is 3.05. The van der Waals surface area contributed by atoms with Gasteiger partial charge in [-0.05, 0) is 36.0 Å². The van der Waals surface area contributed by atoms with Crippen LogP contribution in [0.25, 0.3) is 11.0 Å². The van der Waals surface area contributed by atoms with Crippen molar-refractivity contribution >= 4 is 11.0 Å². The second-order valence-electron chi connectivity index (χ2n) is 6.38. The summed E-state index contributed by atoms with van der Waals surface area (Å²) in [6.45, 7) is 7.66. The average molecular weight is 243 g/mol. The van der Waals surface area contributed by atoms with Gasteiger partial charge in [-0.1, -0.05) is 26.8 Å². The monoisotopic (exact) mass is 243 g/mol. The van der Waals surface area contributed by atoms with Gasteiger partial charge in [0.2, 0.25) is 0 Å². The molecule has 96 valence electrons. The number of furan rings is 1. The van der Waals surface area contributed by atoms with Crippen molar-refractivity contribution in [3.05, 3.63) is 35.6 Å². The van der Waals surface area contributed by atoms with Gasteiger partial charge < -0.3 is 9.73 Å². The molecule has 0 radical (unpaired) electrons. The molecule has 0 atom stereocenters. The molecule has 1 aromatic carbocycles. The van der Waals surface area contributed by atoms with E-state index in [0.29, 0.717) is 0 Å². The lowest BCUT2D eigenvalue weighted by Crippen LogP contribution is -2.15. The van der Waals surface area contributed by atoms with E-state index in [1.807, 2.05) is 6.26 Å². The minimum atomic E-state index is 0.187. The minimum Gasteiger partial charge on any atom is -0.464 e. The Morgan fingerprint density at radius 2 is 2.06 bits per heavy atom. The van der Waals surface area contributed by atoms with Crippen molar-refractivity contribution in [3.63, 3.8) is 0 Å². The quantitative estimate of drug-likeness (QED) is 0.882. The van der Waals surface area contributed by atoms with Crippen LogP contribution in [0.4, 0.5) is 0 Å². The maximum absolute atomic E-state index is 5.63. The zero-order valence-electron chi connectivity index (χ0n) is 11.4. The number of rotatable bonds is 3. The van der Waals surface area contributed by atoms with Gasteiger partial charge in [0.1, 0.15) is 5.58 Å². The molecule has 1 aliphatic carbocycles. The number of fused-ring (bicyclic) bond motifs is 1. The van der Waals surface area contributed by atoms with Crippen molar-refractivity contribution in [1.82, 2.24) is 5.32 Å². The third kappa shape index (κ3) is 2.30. The van der Waals surface area contributed by atoms with Gasteiger partial charge in [-0.25, -0.2) is 0 Å². The number of hydrogen-bond acceptors (Lipinski definition) is 2. The van der Waals surface area contributed by atoms with Crippen LogP contribution in [0.1, 0.15) is 44.7 Å². The smallest absolute Gasteiger partial charge is 0.134 e. The minimum absolute atomic E-state index is 0.187. The fourth-order valence-corrected chi connectivity index (χ4v) is 2.23. The summed E-state index contributed by atoms with van der Waals surface area (Å²) in [6.07, 6.45) is 4.54. The van der Waals surface area contributed by atoms with Crippen LogP contribution >= 0.6 is 0 Å². The summed E-state index contributed by atoms with van der Waals surface area (Å²) in [5.74, 6) is 0. The predicted molar refractivity (Wildman–Crippen MR) is 74.8 cm³/mol. The van der Waals surface area contributed by atoms with Crippen molar-refractivity contribution in [2.24, 2.45) is 0 Å². The van der Waals surface area contributed by atoms with Gasteiger partial charge in [-0.3, -0.25) is 0 Å². The zero-order chi connectivity index (χ0) is 12.8. The van der Waals surface area contributed by atoms with E-state index in [-0.39, 0.29) is 5.41 Å². The third-order valence-electron chi connectivity index (χ3n) is 3.68. The first-order valence-corrected chi connectivity index (χ1v) is 6.78. The first kappa shape index (κ1) is 11.8. The maximum atomic E-state index is 5.63. The largest absolute Gasteiger partial charge is 0.464 e. The van der Waals surface area contributed by atoms with Crippen LogP contribution in [-0.2, 0) is 12.0 Å². The maximum Gasteiger partial charge on any atom is 0.134 e. The highest BCUT2D eigenvalue weighted by Crippen LogP contribution is 2.29. The van der Waals surface area contributed by atoms with Gasteiger partial charge in [-0.15, -0.1) is 0 Å². The molecule has 0 saturated heterocycles. The van der Waals surface area contributed by atoms with Gasteiger partial charge in [0.25, 0.3) is 0 Å². The van der Waals surface area contributed by atoms with Gasteiger partial charge in [-0.2, -0.15) is 0 Å². The Kier molecular flexibility index (Phi) is 2.70. The van der Waals surface area contributed by atoms with Crippen molar-refractivity contribution in [2.45, 2.75) is 51.6 Å². The van der Waals surface area contributed by atoms with E-state index >= 15 is 0 Å². The van der Waals surface area contributed by atoms with Crippen molar-refractivity contribution < 1.29 is 4.42 Å². The predicted octanol–water partition coefficient (Wildman–Crippen LogP) is 3.98. The summed E-state index contributed by atoms with van der Waals surface area (Å²) in [7, 11) is 0. The van der Waals surface area contributed by atoms with Gasteiger partial charge in [0.05, 0.1) is 6.26 Å². The highest BCUT2D eigenvalue weighted by molar-refractivity contribution is 5.82. The lowest BCUT2D eigenvalue weighted by molar-refractivity contribution is 0.588. The Labute approximate surface area is 108 Å². The van der Waals surface area contributed by atoms with Crippen LogP contribution in [0.2, 0.25) is 0 Å². The molecule has 1 fully saturated rings. The second-order valence-corrected chi connectivity index (χ2v) is 6.38. The third-order valence-corrected chi connectivity index (χ3v) is 3.68. The first-order chi connectivity index (χ1) is 8.54. The van der Waals surface area contributed by atoms with E-state index in [4.69, 9.17) is 4.42 Å². The number of nitrogens with one attached hydrogen (secondary N) is 1. The molecule has 18 heavy (non-hydrogen) atoms. The fourth-order valence-electron chi connectivity index (χ4n) is 2.23. The normalized spacial score (nSPS) is 16.4. The van der Waals surface area contributed by atoms with Crippen LogP contribution in [0, 0.1) is 0 Å². The van der Waals surface area contributed by atoms with Crippen LogP contribution in [-0.4, -0.2) is 6.04 Å². The first-order valence-electron chi connectivity index (χ1n) is 6.78. The molecule has 0 spiro atoms. The van der Waals surface area contributed by atoms with E-state index in [9.17, 15) is 0 Å². The van der Waals surface area contributed by atoms with Crippen LogP contribution in [0.15, 0.2) is 28.9 Å². The lowest BCUT2D eigenvalue weighted by Gasteiger charge is -2.18. The molecule has 1 aliphatic rings. The Hall–Kier alpha value is -1.28. The summed E-state index contributed by atoms with van der Waals surface area (Å²) in [5, 5.41) is 4.81. The zero-order valence-corrected chi connectivity index (χ0v) is 11.4. The number of benzene rings is 1. The van der Waals surface area contributed by atoms with E-state index in [2.05, 4.69) is 44.3 Å². The van der Waals surface area contributed by atoms with E-state index in [1.165, 1.54) is 29.4 Å². The van der Waals surface area contributed by atoms with E-state index < -0.39 is 0 Å². The molecule has 1 saturated carbocycles. The number of hydrogen-bond donors (Lipinski definition) is 1. The molecule has 0 unspecified atom stereocenters. The van der Waals surface area contributed by atoms with Crippen molar-refractivity contribution in [2.75, 3.05) is 0 Å². The standard InChI is InChI=1S/C16H21NO/c1-16(2,3)12-4-7-15-14(8-12)11(10-18-15)9-17-13-5-6-13/h4,7-8,10,13,17H,5-6,9H2,1-3H3. The van der Waals surface area contributed by atoms with E-state index in [0.717, 1.165) is 18.2 Å². The van der Waals surface area contributed by atoms with Crippen molar-refractivity contribution in [1.29, 1.82) is 0 Å². The molecule has 1 aromatic heterocycles. The molecule has 2 heteroatoms. The van der Waals surface area contributed by atoms with E-state index in [1.54, 1.807) is 0 Å². The second kappa shape index (κ2) is 4.13. The molecule has 1 heterocycles. The molecule has 0 bridgehead atoms. The molecule has 0 amide bonds. The SMILES string of the molecule is CC(C)(C)c1ccc2occ(CNC3CC3)c2c1. The summed E-state index contributed by atoms with van der Waals surface area (Å²) >= 11 is 0. The van der Waals surface area contributed by atoms with Gasteiger partial charge in [0.15, 0.2) is 0 Å². The summed E-state index contributed by atoms with van der Waals surface area (Å²) in [5.41, 5.74) is 3.83. The highest BCUT2D eigenvalue weighted by Gasteiger charge is 2.21. The topological polar surface area (TPSA) is 25.2 Å². The fraction of sp³-hybridized carbons (Fsp3) is 0.500. The Morgan fingerprint density at radius 1 is 1.28 bits per heavy atom. The Morgan fingerprint density at radius 3 is 2.72 bits per heavy atom. The van der Waals surface area contributed by atoms with Crippen LogP contribution < -0.4 is 5.32 Å². The van der Waals surface area contributed by atoms with Crippen LogP contribution in [0.3, 0.4) is 0 Å². The Bertz CT molecular complexity index is 558. The Balaban J connectivity index is 1.93. The highest BCUT2D eigenvalue weighted by atomic mass is 16.3. The summed E-state index contributed by atoms with van der Waals surface area (Å²) < 4.78 is 5.63. The molecule has 3 rings (SSSR count). The summed E-state index contributed by atoms with van der Waals surface area (Å²) in [4.78, 5) is 0.